The molecule has 0 radical (unpaired) electrons. The molecule has 0 saturated heterocycles. The SMILES string of the molecule is CC[C@H]1C(=O)Nc2c(cc(NCc3cnn(Cc4cc(F)c(F)c(F)c4)c3)nc2C)N1C. The van der Waals surface area contributed by atoms with Crippen LogP contribution in [0.1, 0.15) is 30.2 Å². The molecule has 0 aliphatic carbocycles. The van der Waals surface area contributed by atoms with Gasteiger partial charge in [0.25, 0.3) is 0 Å². The highest BCUT2D eigenvalue weighted by atomic mass is 19.2. The smallest absolute Gasteiger partial charge is 0.247 e. The van der Waals surface area contributed by atoms with Crippen molar-refractivity contribution in [2.45, 2.75) is 39.4 Å². The van der Waals surface area contributed by atoms with Crippen molar-refractivity contribution in [3.63, 3.8) is 0 Å². The summed E-state index contributed by atoms with van der Waals surface area (Å²) in [6.45, 7) is 4.33. The maximum atomic E-state index is 13.4. The summed E-state index contributed by atoms with van der Waals surface area (Å²) in [4.78, 5) is 18.7. The monoisotopic (exact) mass is 444 g/mol. The molecule has 0 saturated carbocycles. The van der Waals surface area contributed by atoms with Crippen LogP contribution in [0.3, 0.4) is 0 Å². The van der Waals surface area contributed by atoms with Gasteiger partial charge in [-0.15, -0.1) is 0 Å². The number of carbonyl (C=O) groups excluding carboxylic acids is 1. The van der Waals surface area contributed by atoms with Crippen molar-refractivity contribution in [2.24, 2.45) is 0 Å². The Balaban J connectivity index is 1.46. The van der Waals surface area contributed by atoms with Crippen molar-refractivity contribution in [1.29, 1.82) is 0 Å². The zero-order valence-corrected chi connectivity index (χ0v) is 17.9. The van der Waals surface area contributed by atoms with E-state index in [0.29, 0.717) is 30.2 Å². The van der Waals surface area contributed by atoms with Gasteiger partial charge in [0.05, 0.1) is 29.8 Å². The molecule has 1 aliphatic heterocycles. The Hall–Kier alpha value is -3.56. The Labute approximate surface area is 183 Å². The summed E-state index contributed by atoms with van der Waals surface area (Å²) < 4.78 is 41.5. The third-order valence-corrected chi connectivity index (χ3v) is 5.51. The highest BCUT2D eigenvalue weighted by molar-refractivity contribution is 6.04. The quantitative estimate of drug-likeness (QED) is 0.566. The number of benzene rings is 1. The normalized spacial score (nSPS) is 15.5. The first-order valence-corrected chi connectivity index (χ1v) is 10.2. The number of nitrogens with zero attached hydrogens (tertiary/aromatic N) is 4. The van der Waals surface area contributed by atoms with Gasteiger partial charge in [-0.2, -0.15) is 5.10 Å². The average molecular weight is 444 g/mol. The summed E-state index contributed by atoms with van der Waals surface area (Å²) in [5.41, 5.74) is 3.41. The van der Waals surface area contributed by atoms with Crippen molar-refractivity contribution in [3.8, 4) is 0 Å². The van der Waals surface area contributed by atoms with Crippen molar-refractivity contribution >= 4 is 23.1 Å². The summed E-state index contributed by atoms with van der Waals surface area (Å²) in [7, 11) is 1.89. The molecule has 1 atom stereocenters. The lowest BCUT2D eigenvalue weighted by molar-refractivity contribution is -0.117. The standard InChI is InChI=1S/C22H23F3N6O/c1-4-17-22(32)29-21-12(2)28-19(7-18(21)30(17)3)26-8-14-9-27-31(11-14)10-13-5-15(23)20(25)16(24)6-13/h5-7,9,11,17H,4,8,10H2,1-3H3,(H,26,28)(H,29,32)/t17-/m0/s1. The van der Waals surface area contributed by atoms with Crippen LogP contribution in [0, 0.1) is 24.4 Å². The van der Waals surface area contributed by atoms with E-state index in [4.69, 9.17) is 0 Å². The molecule has 0 unspecified atom stereocenters. The number of carbonyl (C=O) groups is 1. The molecular weight excluding hydrogens is 421 g/mol. The van der Waals surface area contributed by atoms with E-state index in [1.54, 1.807) is 12.4 Å². The van der Waals surface area contributed by atoms with Crippen LogP contribution < -0.4 is 15.5 Å². The van der Waals surface area contributed by atoms with Crippen LogP contribution in [0.25, 0.3) is 0 Å². The van der Waals surface area contributed by atoms with E-state index in [1.165, 1.54) is 4.68 Å². The zero-order chi connectivity index (χ0) is 23.0. The minimum absolute atomic E-state index is 0.0403. The summed E-state index contributed by atoms with van der Waals surface area (Å²) in [6, 6.07) is 3.56. The van der Waals surface area contributed by atoms with Crippen molar-refractivity contribution in [1.82, 2.24) is 14.8 Å². The molecule has 2 aromatic heterocycles. The maximum Gasteiger partial charge on any atom is 0.247 e. The predicted molar refractivity (Wildman–Crippen MR) is 115 cm³/mol. The highest BCUT2D eigenvalue weighted by Gasteiger charge is 2.30. The largest absolute Gasteiger partial charge is 0.366 e. The molecule has 1 amide bonds. The molecule has 7 nitrogen and oxygen atoms in total. The Morgan fingerprint density at radius 1 is 1.16 bits per heavy atom. The summed E-state index contributed by atoms with van der Waals surface area (Å²) in [5.74, 6) is -3.33. The number of aryl methyl sites for hydroxylation is 1. The Morgan fingerprint density at radius 2 is 1.88 bits per heavy atom. The minimum Gasteiger partial charge on any atom is -0.366 e. The van der Waals surface area contributed by atoms with Gasteiger partial charge in [-0.1, -0.05) is 6.92 Å². The fourth-order valence-electron chi connectivity index (χ4n) is 3.85. The number of hydrogen-bond donors (Lipinski definition) is 2. The number of rotatable bonds is 6. The maximum absolute atomic E-state index is 13.4. The van der Waals surface area contributed by atoms with Gasteiger partial charge in [-0.25, -0.2) is 18.2 Å². The molecule has 2 N–H and O–H groups in total. The summed E-state index contributed by atoms with van der Waals surface area (Å²) in [5, 5.41) is 10.4. The average Bonchev–Trinajstić information content (AvgIpc) is 3.19. The molecule has 32 heavy (non-hydrogen) atoms. The van der Waals surface area contributed by atoms with E-state index in [2.05, 4.69) is 20.7 Å². The van der Waals surface area contributed by atoms with Crippen molar-refractivity contribution in [3.05, 3.63) is 64.9 Å². The van der Waals surface area contributed by atoms with Gasteiger partial charge in [0, 0.05) is 31.4 Å². The highest BCUT2D eigenvalue weighted by Crippen LogP contribution is 2.35. The molecule has 1 aliphatic rings. The van der Waals surface area contributed by atoms with Crippen LogP contribution in [0.15, 0.2) is 30.6 Å². The van der Waals surface area contributed by atoms with Crippen LogP contribution in [0.2, 0.25) is 0 Å². The fourth-order valence-corrected chi connectivity index (χ4v) is 3.85. The Morgan fingerprint density at radius 3 is 2.56 bits per heavy atom. The van der Waals surface area contributed by atoms with Crippen molar-refractivity contribution < 1.29 is 18.0 Å². The van der Waals surface area contributed by atoms with Crippen LogP contribution in [0.5, 0.6) is 0 Å². The van der Waals surface area contributed by atoms with Crippen LogP contribution in [-0.4, -0.2) is 33.8 Å². The molecule has 1 aromatic carbocycles. The third-order valence-electron chi connectivity index (χ3n) is 5.51. The van der Waals surface area contributed by atoms with Gasteiger partial charge >= 0.3 is 0 Å². The van der Waals surface area contributed by atoms with E-state index in [9.17, 15) is 18.0 Å². The number of hydrogen-bond acceptors (Lipinski definition) is 5. The third kappa shape index (κ3) is 4.12. The number of halogens is 3. The lowest BCUT2D eigenvalue weighted by atomic mass is 10.1. The van der Waals surface area contributed by atoms with E-state index >= 15 is 0 Å². The minimum atomic E-state index is -1.48. The van der Waals surface area contributed by atoms with Gasteiger partial charge in [0.1, 0.15) is 11.9 Å². The molecule has 3 aromatic rings. The van der Waals surface area contributed by atoms with Crippen LogP contribution >= 0.6 is 0 Å². The summed E-state index contributed by atoms with van der Waals surface area (Å²) >= 11 is 0. The number of likely N-dealkylation sites (N-methyl/N-ethyl adjacent to an activating group) is 1. The van der Waals surface area contributed by atoms with Gasteiger partial charge in [-0.3, -0.25) is 9.48 Å². The first-order valence-electron chi connectivity index (χ1n) is 10.2. The lowest BCUT2D eigenvalue weighted by Gasteiger charge is -2.35. The van der Waals surface area contributed by atoms with Gasteiger partial charge < -0.3 is 15.5 Å². The predicted octanol–water partition coefficient (Wildman–Crippen LogP) is 3.83. The van der Waals surface area contributed by atoms with E-state index in [1.807, 2.05) is 31.9 Å². The lowest BCUT2D eigenvalue weighted by Crippen LogP contribution is -2.45. The number of anilines is 3. The molecule has 168 valence electrons. The van der Waals surface area contributed by atoms with Crippen LogP contribution in [-0.2, 0) is 17.9 Å². The molecule has 0 fully saturated rings. The van der Waals surface area contributed by atoms with Crippen LogP contribution in [0.4, 0.5) is 30.4 Å². The second-order valence-electron chi connectivity index (χ2n) is 7.78. The Kier molecular flexibility index (Phi) is 5.77. The van der Waals surface area contributed by atoms with E-state index in [0.717, 1.165) is 23.4 Å². The number of aromatic nitrogens is 3. The van der Waals surface area contributed by atoms with Gasteiger partial charge in [-0.05, 0) is 31.0 Å². The number of nitrogens with one attached hydrogen (secondary N) is 2. The van der Waals surface area contributed by atoms with E-state index in [-0.39, 0.29) is 24.1 Å². The summed E-state index contributed by atoms with van der Waals surface area (Å²) in [6.07, 6.45) is 4.05. The first kappa shape index (κ1) is 21.7. The van der Waals surface area contributed by atoms with Crippen molar-refractivity contribution in [2.75, 3.05) is 22.6 Å². The zero-order valence-electron chi connectivity index (χ0n) is 17.9. The molecule has 0 spiro atoms. The number of pyridine rings is 1. The Bertz CT molecular complexity index is 1160. The molecule has 0 bridgehead atoms. The van der Waals surface area contributed by atoms with Gasteiger partial charge in [0.15, 0.2) is 17.5 Å². The molecule has 10 heteroatoms. The fraction of sp³-hybridized carbons (Fsp3) is 0.318. The number of fused-ring (bicyclic) bond motifs is 1. The second-order valence-corrected chi connectivity index (χ2v) is 7.78. The number of amides is 1. The molecule has 4 rings (SSSR count). The molecule has 3 heterocycles. The topological polar surface area (TPSA) is 75.1 Å². The van der Waals surface area contributed by atoms with E-state index < -0.39 is 17.5 Å². The molecular formula is C22H23F3N6O. The first-order chi connectivity index (χ1) is 15.3. The second kappa shape index (κ2) is 8.52. The van der Waals surface area contributed by atoms with Gasteiger partial charge in [0.2, 0.25) is 5.91 Å².